The largest absolute Gasteiger partial charge is 0.368 e. The molecule has 3 rings (SSSR count). The summed E-state index contributed by atoms with van der Waals surface area (Å²) in [4.78, 5) is 8.68. The first-order valence-corrected chi connectivity index (χ1v) is 6.62. The molecule has 1 aliphatic heterocycles. The van der Waals surface area contributed by atoms with Crippen LogP contribution in [-0.4, -0.2) is 16.0 Å². The van der Waals surface area contributed by atoms with Gasteiger partial charge in [-0.2, -0.15) is 4.98 Å². The van der Waals surface area contributed by atoms with E-state index in [1.165, 1.54) is 0 Å². The normalized spacial score (nSPS) is 17.1. The Morgan fingerprint density at radius 2 is 2.16 bits per heavy atom. The lowest BCUT2D eigenvalue weighted by atomic mass is 10.00. The van der Waals surface area contributed by atoms with E-state index in [1.54, 1.807) is 0 Å². The summed E-state index contributed by atoms with van der Waals surface area (Å²) in [6.07, 6.45) is 0.900. The minimum Gasteiger partial charge on any atom is -0.368 e. The number of anilines is 2. The minimum atomic E-state index is 0.287. The van der Waals surface area contributed by atoms with Crippen LogP contribution in [0.5, 0.6) is 0 Å². The third-order valence-electron chi connectivity index (χ3n) is 3.44. The number of nitrogens with one attached hydrogen (secondary N) is 1. The molecule has 0 amide bonds. The number of aromatic nitrogens is 2. The number of benzene rings is 1. The average Bonchev–Trinajstić information content (AvgIpc) is 2.72. The number of hydrogen-bond donors (Lipinski definition) is 2. The maximum Gasteiger partial charge on any atom is 0.222 e. The van der Waals surface area contributed by atoms with Gasteiger partial charge < -0.3 is 11.1 Å². The van der Waals surface area contributed by atoms with Crippen LogP contribution in [-0.2, 0) is 6.42 Å². The van der Waals surface area contributed by atoms with Crippen molar-refractivity contribution < 1.29 is 0 Å². The molecule has 2 heterocycles. The lowest BCUT2D eigenvalue weighted by Gasteiger charge is -2.11. The van der Waals surface area contributed by atoms with Gasteiger partial charge in [0, 0.05) is 22.2 Å². The molecule has 3 N–H and O–H groups in total. The van der Waals surface area contributed by atoms with Crippen LogP contribution in [0.1, 0.15) is 18.1 Å². The summed E-state index contributed by atoms with van der Waals surface area (Å²) in [5.41, 5.74) is 9.85. The first kappa shape index (κ1) is 12.2. The predicted molar refractivity (Wildman–Crippen MR) is 78.4 cm³/mol. The number of nitrogen functional groups attached to an aromatic ring is 1. The number of rotatable bonds is 1. The molecule has 1 aliphatic rings. The van der Waals surface area contributed by atoms with Crippen LogP contribution in [0.2, 0.25) is 5.02 Å². The molecule has 0 bridgehead atoms. The molecule has 0 saturated carbocycles. The van der Waals surface area contributed by atoms with Crippen LogP contribution in [0.25, 0.3) is 11.3 Å². The van der Waals surface area contributed by atoms with Crippen molar-refractivity contribution in [3.8, 4) is 11.3 Å². The first-order valence-electron chi connectivity index (χ1n) is 6.24. The summed E-state index contributed by atoms with van der Waals surface area (Å²) in [5.74, 6) is 1.13. The molecule has 0 spiro atoms. The van der Waals surface area contributed by atoms with Crippen LogP contribution in [0, 0.1) is 6.92 Å². The van der Waals surface area contributed by atoms with Crippen molar-refractivity contribution in [3.63, 3.8) is 0 Å². The van der Waals surface area contributed by atoms with Gasteiger partial charge in [0.15, 0.2) is 0 Å². The number of nitrogens with two attached hydrogens (primary N) is 1. The molecule has 19 heavy (non-hydrogen) atoms. The van der Waals surface area contributed by atoms with Crippen molar-refractivity contribution in [2.45, 2.75) is 26.3 Å². The molecular formula is C14H15ClN4. The van der Waals surface area contributed by atoms with E-state index in [0.29, 0.717) is 6.04 Å². The zero-order valence-electron chi connectivity index (χ0n) is 10.9. The number of fused-ring (bicyclic) bond motifs is 1. The van der Waals surface area contributed by atoms with Gasteiger partial charge in [0.2, 0.25) is 5.95 Å². The van der Waals surface area contributed by atoms with E-state index in [9.17, 15) is 0 Å². The Balaban J connectivity index is 2.24. The molecule has 4 nitrogen and oxygen atoms in total. The van der Waals surface area contributed by atoms with Gasteiger partial charge in [-0.05, 0) is 31.9 Å². The summed E-state index contributed by atoms with van der Waals surface area (Å²) >= 11 is 6.19. The SMILES string of the molecule is Cc1c(Cl)cccc1-c1nc(N)nc2c1C[C@@H](C)N2. The van der Waals surface area contributed by atoms with Gasteiger partial charge in [-0.15, -0.1) is 0 Å². The molecule has 0 saturated heterocycles. The number of hydrogen-bond acceptors (Lipinski definition) is 4. The van der Waals surface area contributed by atoms with Gasteiger partial charge in [-0.25, -0.2) is 4.98 Å². The molecule has 5 heteroatoms. The van der Waals surface area contributed by atoms with E-state index >= 15 is 0 Å². The average molecular weight is 275 g/mol. The van der Waals surface area contributed by atoms with Crippen molar-refractivity contribution in [2.24, 2.45) is 0 Å². The fourth-order valence-corrected chi connectivity index (χ4v) is 2.67. The maximum absolute atomic E-state index is 6.19. The predicted octanol–water partition coefficient (Wildman–Crippen LogP) is 3.04. The minimum absolute atomic E-state index is 0.287. The molecule has 0 aliphatic carbocycles. The smallest absolute Gasteiger partial charge is 0.222 e. The molecule has 0 unspecified atom stereocenters. The molecule has 1 aromatic heterocycles. The topological polar surface area (TPSA) is 63.8 Å². The highest BCUT2D eigenvalue weighted by atomic mass is 35.5. The van der Waals surface area contributed by atoms with Crippen molar-refractivity contribution in [1.29, 1.82) is 0 Å². The Morgan fingerprint density at radius 3 is 2.95 bits per heavy atom. The zero-order chi connectivity index (χ0) is 13.6. The molecule has 2 aromatic rings. The van der Waals surface area contributed by atoms with E-state index in [-0.39, 0.29) is 5.95 Å². The molecule has 0 radical (unpaired) electrons. The van der Waals surface area contributed by atoms with Gasteiger partial charge >= 0.3 is 0 Å². The Hall–Kier alpha value is -1.81. The molecule has 98 valence electrons. The summed E-state index contributed by atoms with van der Waals surface area (Å²) < 4.78 is 0. The van der Waals surface area contributed by atoms with Crippen molar-refractivity contribution in [2.75, 3.05) is 11.1 Å². The number of nitrogens with zero attached hydrogens (tertiary/aromatic N) is 2. The molecule has 1 aromatic carbocycles. The third-order valence-corrected chi connectivity index (χ3v) is 3.85. The van der Waals surface area contributed by atoms with Crippen molar-refractivity contribution >= 4 is 23.4 Å². The monoisotopic (exact) mass is 274 g/mol. The maximum atomic E-state index is 6.19. The van der Waals surface area contributed by atoms with E-state index < -0.39 is 0 Å². The van der Waals surface area contributed by atoms with Crippen LogP contribution >= 0.6 is 11.6 Å². The van der Waals surface area contributed by atoms with Crippen LogP contribution in [0.4, 0.5) is 11.8 Å². The molecular weight excluding hydrogens is 260 g/mol. The summed E-state index contributed by atoms with van der Waals surface area (Å²) in [5, 5.41) is 4.06. The van der Waals surface area contributed by atoms with Crippen LogP contribution in [0.15, 0.2) is 18.2 Å². The van der Waals surface area contributed by atoms with E-state index in [2.05, 4.69) is 22.2 Å². The Morgan fingerprint density at radius 1 is 1.37 bits per heavy atom. The summed E-state index contributed by atoms with van der Waals surface area (Å²) in [7, 11) is 0. The highest BCUT2D eigenvalue weighted by Crippen LogP contribution is 2.35. The summed E-state index contributed by atoms with van der Waals surface area (Å²) in [6.45, 7) is 4.11. The van der Waals surface area contributed by atoms with Crippen LogP contribution < -0.4 is 11.1 Å². The lowest BCUT2D eigenvalue weighted by molar-refractivity contribution is 0.838. The quantitative estimate of drug-likeness (QED) is 0.839. The second-order valence-electron chi connectivity index (χ2n) is 4.92. The fraction of sp³-hybridized carbons (Fsp3) is 0.286. The van der Waals surface area contributed by atoms with E-state index in [1.807, 2.05) is 25.1 Å². The second-order valence-corrected chi connectivity index (χ2v) is 5.33. The third kappa shape index (κ3) is 2.02. The fourth-order valence-electron chi connectivity index (χ4n) is 2.49. The highest BCUT2D eigenvalue weighted by Gasteiger charge is 2.24. The first-order chi connectivity index (χ1) is 9.06. The van der Waals surface area contributed by atoms with Crippen LogP contribution in [0.3, 0.4) is 0 Å². The van der Waals surface area contributed by atoms with Gasteiger partial charge in [0.1, 0.15) is 5.82 Å². The van der Waals surface area contributed by atoms with Gasteiger partial charge in [-0.3, -0.25) is 0 Å². The second kappa shape index (κ2) is 4.38. The zero-order valence-corrected chi connectivity index (χ0v) is 11.6. The van der Waals surface area contributed by atoms with Crippen molar-refractivity contribution in [1.82, 2.24) is 9.97 Å². The van der Waals surface area contributed by atoms with Gasteiger partial charge in [-0.1, -0.05) is 23.7 Å². The Kier molecular flexibility index (Phi) is 2.82. The molecule has 0 fully saturated rings. The van der Waals surface area contributed by atoms with E-state index in [4.69, 9.17) is 17.3 Å². The van der Waals surface area contributed by atoms with Gasteiger partial charge in [0.05, 0.1) is 5.69 Å². The van der Waals surface area contributed by atoms with Gasteiger partial charge in [0.25, 0.3) is 0 Å². The molecule has 1 atom stereocenters. The summed E-state index contributed by atoms with van der Waals surface area (Å²) in [6, 6.07) is 6.18. The van der Waals surface area contributed by atoms with Crippen molar-refractivity contribution in [3.05, 3.63) is 34.3 Å². The standard InChI is InChI=1S/C14H15ClN4/c1-7-6-10-12(18-14(16)19-13(10)17-7)9-4-3-5-11(15)8(9)2/h3-5,7H,6H2,1-2H3,(H3,16,17,18,19)/t7-/m1/s1. The number of halogens is 1. The highest BCUT2D eigenvalue weighted by molar-refractivity contribution is 6.31. The van der Waals surface area contributed by atoms with E-state index in [0.717, 1.165) is 39.6 Å². The Labute approximate surface area is 117 Å². The lowest BCUT2D eigenvalue weighted by Crippen LogP contribution is -2.09. The Bertz CT molecular complexity index is 654.